The van der Waals surface area contributed by atoms with E-state index >= 15 is 0 Å². The van der Waals surface area contributed by atoms with Gasteiger partial charge in [0.15, 0.2) is 0 Å². The van der Waals surface area contributed by atoms with Crippen molar-refractivity contribution in [3.63, 3.8) is 0 Å². The van der Waals surface area contributed by atoms with Gasteiger partial charge in [-0.1, -0.05) is 23.2 Å². The lowest BCUT2D eigenvalue weighted by atomic mass is 10.2. The van der Waals surface area contributed by atoms with Crippen LogP contribution in [0.2, 0.25) is 10.2 Å². The maximum absolute atomic E-state index is 13.2. The van der Waals surface area contributed by atoms with E-state index in [1.54, 1.807) is 13.0 Å². The number of carbonyl (C=O) groups is 1. The number of aryl methyl sites for hydroxylation is 1. The molecule has 0 aliphatic carbocycles. The van der Waals surface area contributed by atoms with Crippen molar-refractivity contribution in [2.45, 2.75) is 6.92 Å². The Balaban J connectivity index is 2.22. The summed E-state index contributed by atoms with van der Waals surface area (Å²) in [5, 5.41) is 2.88. The maximum Gasteiger partial charge on any atom is 0.257 e. The lowest BCUT2D eigenvalue weighted by molar-refractivity contribution is 0.102. The maximum atomic E-state index is 13.2. The van der Waals surface area contributed by atoms with Crippen molar-refractivity contribution in [1.82, 2.24) is 4.98 Å². The Morgan fingerprint density at radius 2 is 2.00 bits per heavy atom. The van der Waals surface area contributed by atoms with E-state index in [0.717, 1.165) is 0 Å². The molecule has 3 nitrogen and oxygen atoms in total. The molecule has 1 aromatic carbocycles. The summed E-state index contributed by atoms with van der Waals surface area (Å²) in [5.41, 5.74) is 1.33. The number of benzene rings is 1. The SMILES string of the molecule is Cc1cc(F)cc(NC(=O)c2cnc(Cl)c(Cl)c2)c1. The summed E-state index contributed by atoms with van der Waals surface area (Å²) < 4.78 is 13.2. The van der Waals surface area contributed by atoms with E-state index in [4.69, 9.17) is 23.2 Å². The molecule has 0 radical (unpaired) electrons. The zero-order chi connectivity index (χ0) is 14.0. The molecule has 0 aliphatic rings. The van der Waals surface area contributed by atoms with Crippen molar-refractivity contribution in [1.29, 1.82) is 0 Å². The van der Waals surface area contributed by atoms with Crippen molar-refractivity contribution >= 4 is 34.8 Å². The van der Waals surface area contributed by atoms with Gasteiger partial charge in [0.1, 0.15) is 11.0 Å². The molecule has 2 rings (SSSR count). The summed E-state index contributed by atoms with van der Waals surface area (Å²) in [4.78, 5) is 15.7. The van der Waals surface area contributed by atoms with Crippen molar-refractivity contribution in [2.24, 2.45) is 0 Å². The number of carbonyl (C=O) groups excluding carboxylic acids is 1. The summed E-state index contributed by atoms with van der Waals surface area (Å²) in [5.74, 6) is -0.848. The topological polar surface area (TPSA) is 42.0 Å². The molecule has 0 spiro atoms. The van der Waals surface area contributed by atoms with E-state index in [1.807, 2.05) is 0 Å². The Kier molecular flexibility index (Phi) is 4.02. The summed E-state index contributed by atoms with van der Waals surface area (Å²) in [7, 11) is 0. The monoisotopic (exact) mass is 298 g/mol. The van der Waals surface area contributed by atoms with Gasteiger partial charge in [0, 0.05) is 11.9 Å². The normalized spacial score (nSPS) is 10.3. The van der Waals surface area contributed by atoms with Gasteiger partial charge >= 0.3 is 0 Å². The standard InChI is InChI=1S/C13H9Cl2FN2O/c1-7-2-9(16)5-10(3-7)18-13(19)8-4-11(14)12(15)17-6-8/h2-6H,1H3,(H,18,19). The molecule has 0 unspecified atom stereocenters. The minimum atomic E-state index is -0.434. The molecule has 1 N–H and O–H groups in total. The van der Waals surface area contributed by atoms with Crippen LogP contribution in [-0.2, 0) is 0 Å². The minimum Gasteiger partial charge on any atom is -0.322 e. The zero-order valence-electron chi connectivity index (χ0n) is 9.88. The first-order valence-electron chi connectivity index (χ1n) is 5.35. The van der Waals surface area contributed by atoms with Gasteiger partial charge in [0.2, 0.25) is 0 Å². The van der Waals surface area contributed by atoms with Gasteiger partial charge in [0.05, 0.1) is 10.6 Å². The van der Waals surface area contributed by atoms with Crippen LogP contribution in [0.4, 0.5) is 10.1 Å². The molecule has 0 fully saturated rings. The summed E-state index contributed by atoms with van der Waals surface area (Å²) in [6.07, 6.45) is 1.30. The molecule has 0 saturated heterocycles. The molecule has 0 atom stereocenters. The number of nitrogens with one attached hydrogen (secondary N) is 1. The minimum absolute atomic E-state index is 0.125. The second kappa shape index (κ2) is 5.55. The largest absolute Gasteiger partial charge is 0.322 e. The Morgan fingerprint density at radius 3 is 2.63 bits per heavy atom. The van der Waals surface area contributed by atoms with Gasteiger partial charge in [-0.25, -0.2) is 9.37 Å². The molecule has 1 aromatic heterocycles. The van der Waals surface area contributed by atoms with Crippen molar-refractivity contribution in [3.8, 4) is 0 Å². The lowest BCUT2D eigenvalue weighted by Gasteiger charge is -2.07. The third-order valence-electron chi connectivity index (χ3n) is 2.36. The molecule has 0 saturated carbocycles. The first-order chi connectivity index (χ1) is 8.95. The van der Waals surface area contributed by atoms with Crippen LogP contribution in [-0.4, -0.2) is 10.9 Å². The van der Waals surface area contributed by atoms with Gasteiger partial charge in [0.25, 0.3) is 5.91 Å². The van der Waals surface area contributed by atoms with Crippen LogP contribution >= 0.6 is 23.2 Å². The average molecular weight is 299 g/mol. The first kappa shape index (κ1) is 13.8. The second-order valence-corrected chi connectivity index (χ2v) is 4.73. The molecular weight excluding hydrogens is 290 g/mol. The molecule has 2 aromatic rings. The van der Waals surface area contributed by atoms with Crippen LogP contribution in [0.5, 0.6) is 0 Å². The second-order valence-electron chi connectivity index (χ2n) is 3.97. The number of halogens is 3. The number of amides is 1. The Hall–Kier alpha value is -1.65. The lowest BCUT2D eigenvalue weighted by Crippen LogP contribution is -2.12. The molecule has 0 aliphatic heterocycles. The van der Waals surface area contributed by atoms with Crippen LogP contribution in [0.1, 0.15) is 15.9 Å². The quantitative estimate of drug-likeness (QED) is 0.849. The van der Waals surface area contributed by atoms with Gasteiger partial charge in [-0.15, -0.1) is 0 Å². The first-order valence-corrected chi connectivity index (χ1v) is 6.11. The Morgan fingerprint density at radius 1 is 1.26 bits per heavy atom. The van der Waals surface area contributed by atoms with Crippen molar-refractivity contribution in [3.05, 3.63) is 57.6 Å². The van der Waals surface area contributed by atoms with Crippen molar-refractivity contribution in [2.75, 3.05) is 5.32 Å². The van der Waals surface area contributed by atoms with E-state index in [-0.39, 0.29) is 15.7 Å². The van der Waals surface area contributed by atoms with Crippen molar-refractivity contribution < 1.29 is 9.18 Å². The predicted molar refractivity (Wildman–Crippen MR) is 73.3 cm³/mol. The fraction of sp³-hybridized carbons (Fsp3) is 0.0769. The van der Waals surface area contributed by atoms with E-state index in [0.29, 0.717) is 11.3 Å². The number of hydrogen-bond acceptors (Lipinski definition) is 2. The predicted octanol–water partition coefficient (Wildman–Crippen LogP) is 4.09. The third kappa shape index (κ3) is 3.43. The Labute approximate surface area is 119 Å². The van der Waals surface area contributed by atoms with Crippen LogP contribution in [0.15, 0.2) is 30.5 Å². The number of aromatic nitrogens is 1. The molecule has 6 heteroatoms. The van der Waals surface area contributed by atoms with Gasteiger partial charge in [-0.3, -0.25) is 4.79 Å². The van der Waals surface area contributed by atoms with E-state index < -0.39 is 11.7 Å². The van der Waals surface area contributed by atoms with Gasteiger partial charge in [-0.2, -0.15) is 0 Å². The zero-order valence-corrected chi connectivity index (χ0v) is 11.4. The number of hydrogen-bond donors (Lipinski definition) is 1. The molecule has 19 heavy (non-hydrogen) atoms. The molecule has 1 heterocycles. The van der Waals surface area contributed by atoms with E-state index in [2.05, 4.69) is 10.3 Å². The number of anilines is 1. The van der Waals surface area contributed by atoms with Gasteiger partial charge < -0.3 is 5.32 Å². The number of nitrogens with zero attached hydrogens (tertiary/aromatic N) is 1. The van der Waals surface area contributed by atoms with Crippen LogP contribution in [0.25, 0.3) is 0 Å². The molecule has 1 amide bonds. The van der Waals surface area contributed by atoms with Crippen LogP contribution in [0, 0.1) is 12.7 Å². The summed E-state index contributed by atoms with van der Waals surface area (Å²) in [6.45, 7) is 1.74. The highest BCUT2D eigenvalue weighted by atomic mass is 35.5. The average Bonchev–Trinajstić information content (AvgIpc) is 2.31. The fourth-order valence-electron chi connectivity index (χ4n) is 1.56. The summed E-state index contributed by atoms with van der Waals surface area (Å²) >= 11 is 11.4. The third-order valence-corrected chi connectivity index (χ3v) is 3.04. The smallest absolute Gasteiger partial charge is 0.257 e. The molecule has 0 bridgehead atoms. The number of rotatable bonds is 2. The number of pyridine rings is 1. The van der Waals surface area contributed by atoms with Gasteiger partial charge in [-0.05, 0) is 36.8 Å². The highest BCUT2D eigenvalue weighted by molar-refractivity contribution is 6.41. The van der Waals surface area contributed by atoms with Crippen LogP contribution in [0.3, 0.4) is 0 Å². The highest BCUT2D eigenvalue weighted by Crippen LogP contribution is 2.21. The molecule has 98 valence electrons. The molecular formula is C13H9Cl2FN2O. The fourth-order valence-corrected chi connectivity index (χ4v) is 1.83. The van der Waals surface area contributed by atoms with Crippen LogP contribution < -0.4 is 5.32 Å². The summed E-state index contributed by atoms with van der Waals surface area (Å²) in [6, 6.07) is 5.66. The van der Waals surface area contributed by atoms with E-state index in [1.165, 1.54) is 24.4 Å². The Bertz CT molecular complexity index is 626. The highest BCUT2D eigenvalue weighted by Gasteiger charge is 2.10. The van der Waals surface area contributed by atoms with E-state index in [9.17, 15) is 9.18 Å².